The molecule has 0 spiro atoms. The standard InChI is InChI=1S/C11H17N3O4S/c1-9-10(5-4-6-11(9)14(15)16)12-7-8-19(17,18)13(2)3/h4-6,12H,7-8H2,1-3H3. The van der Waals surface area contributed by atoms with Crippen molar-refractivity contribution < 1.29 is 13.3 Å². The molecule has 0 aliphatic heterocycles. The van der Waals surface area contributed by atoms with Crippen LogP contribution in [0.25, 0.3) is 0 Å². The van der Waals surface area contributed by atoms with Crippen LogP contribution in [0.1, 0.15) is 5.56 Å². The van der Waals surface area contributed by atoms with Gasteiger partial charge in [0.1, 0.15) is 0 Å². The molecular weight excluding hydrogens is 270 g/mol. The highest BCUT2D eigenvalue weighted by molar-refractivity contribution is 7.89. The van der Waals surface area contributed by atoms with Gasteiger partial charge in [0.05, 0.1) is 10.7 Å². The molecule has 1 N–H and O–H groups in total. The van der Waals surface area contributed by atoms with Crippen LogP contribution in [0.15, 0.2) is 18.2 Å². The van der Waals surface area contributed by atoms with E-state index in [4.69, 9.17) is 0 Å². The van der Waals surface area contributed by atoms with E-state index in [0.29, 0.717) is 11.3 Å². The van der Waals surface area contributed by atoms with Gasteiger partial charge in [-0.2, -0.15) is 0 Å². The number of nitro groups is 1. The molecule has 106 valence electrons. The van der Waals surface area contributed by atoms with Crippen LogP contribution < -0.4 is 5.32 Å². The van der Waals surface area contributed by atoms with Crippen molar-refractivity contribution >= 4 is 21.4 Å². The number of nitrogens with zero attached hydrogens (tertiary/aromatic N) is 2. The van der Waals surface area contributed by atoms with Crippen molar-refractivity contribution in [1.82, 2.24) is 4.31 Å². The Morgan fingerprint density at radius 1 is 1.37 bits per heavy atom. The number of benzene rings is 1. The second-order valence-corrected chi connectivity index (χ2v) is 6.53. The van der Waals surface area contributed by atoms with Crippen LogP contribution in [0.4, 0.5) is 11.4 Å². The maximum Gasteiger partial charge on any atom is 0.274 e. The molecule has 0 radical (unpaired) electrons. The minimum Gasteiger partial charge on any atom is -0.384 e. The van der Waals surface area contributed by atoms with Crippen LogP contribution >= 0.6 is 0 Å². The van der Waals surface area contributed by atoms with Gasteiger partial charge in [-0.25, -0.2) is 12.7 Å². The lowest BCUT2D eigenvalue weighted by atomic mass is 10.1. The van der Waals surface area contributed by atoms with Crippen molar-refractivity contribution in [2.24, 2.45) is 0 Å². The average molecular weight is 287 g/mol. The summed E-state index contributed by atoms with van der Waals surface area (Å²) < 4.78 is 24.3. The van der Waals surface area contributed by atoms with Crippen molar-refractivity contribution in [3.8, 4) is 0 Å². The van der Waals surface area contributed by atoms with Crippen molar-refractivity contribution in [2.75, 3.05) is 31.7 Å². The Morgan fingerprint density at radius 2 is 2.00 bits per heavy atom. The molecule has 0 fully saturated rings. The van der Waals surface area contributed by atoms with Gasteiger partial charge >= 0.3 is 0 Å². The molecule has 0 aromatic heterocycles. The minimum atomic E-state index is -3.27. The van der Waals surface area contributed by atoms with E-state index >= 15 is 0 Å². The van der Waals surface area contributed by atoms with Gasteiger partial charge in [0, 0.05) is 38.0 Å². The Labute approximate surface area is 112 Å². The number of nitro benzene ring substituents is 1. The third-order valence-corrected chi connectivity index (χ3v) is 4.57. The Hall–Kier alpha value is -1.67. The molecule has 0 bridgehead atoms. The predicted octanol–water partition coefficient (Wildman–Crippen LogP) is 1.21. The Morgan fingerprint density at radius 3 is 2.53 bits per heavy atom. The zero-order chi connectivity index (χ0) is 14.6. The maximum absolute atomic E-state index is 11.6. The number of sulfonamides is 1. The summed E-state index contributed by atoms with van der Waals surface area (Å²) in [7, 11) is -0.338. The molecule has 0 amide bonds. The van der Waals surface area contributed by atoms with Gasteiger partial charge in [0.2, 0.25) is 10.0 Å². The van der Waals surface area contributed by atoms with E-state index in [0.717, 1.165) is 4.31 Å². The summed E-state index contributed by atoms with van der Waals surface area (Å²) in [4.78, 5) is 10.3. The first-order valence-electron chi connectivity index (χ1n) is 5.64. The molecule has 19 heavy (non-hydrogen) atoms. The first-order valence-corrected chi connectivity index (χ1v) is 7.24. The highest BCUT2D eigenvalue weighted by atomic mass is 32.2. The third kappa shape index (κ3) is 3.90. The van der Waals surface area contributed by atoms with Crippen LogP contribution in [0, 0.1) is 17.0 Å². The topological polar surface area (TPSA) is 92.6 Å². The largest absolute Gasteiger partial charge is 0.384 e. The summed E-state index contributed by atoms with van der Waals surface area (Å²) in [6.45, 7) is 1.82. The highest BCUT2D eigenvalue weighted by Gasteiger charge is 2.15. The van der Waals surface area contributed by atoms with E-state index in [1.807, 2.05) is 0 Å². The normalized spacial score (nSPS) is 11.6. The Bertz CT molecular complexity index is 569. The Balaban J connectivity index is 2.75. The SMILES string of the molecule is Cc1c(NCCS(=O)(=O)N(C)C)cccc1[N+](=O)[O-]. The molecule has 8 heteroatoms. The van der Waals surface area contributed by atoms with Crippen molar-refractivity contribution in [2.45, 2.75) is 6.92 Å². The summed E-state index contributed by atoms with van der Waals surface area (Å²) in [6.07, 6.45) is 0. The fourth-order valence-electron chi connectivity index (χ4n) is 1.51. The molecule has 0 atom stereocenters. The lowest BCUT2D eigenvalue weighted by Crippen LogP contribution is -2.28. The van der Waals surface area contributed by atoms with E-state index in [9.17, 15) is 18.5 Å². The van der Waals surface area contributed by atoms with Crippen molar-refractivity contribution in [1.29, 1.82) is 0 Å². The average Bonchev–Trinajstić information content (AvgIpc) is 2.30. The summed E-state index contributed by atoms with van der Waals surface area (Å²) in [5, 5.41) is 13.7. The van der Waals surface area contributed by atoms with Crippen LogP contribution in [-0.4, -0.2) is 44.0 Å². The lowest BCUT2D eigenvalue weighted by Gasteiger charge is -2.13. The molecule has 0 saturated carbocycles. The van der Waals surface area contributed by atoms with Crippen LogP contribution in [0.3, 0.4) is 0 Å². The molecule has 1 aromatic carbocycles. The summed E-state index contributed by atoms with van der Waals surface area (Å²) in [5.74, 6) is -0.0673. The molecule has 1 rings (SSSR count). The minimum absolute atomic E-state index is 0.0143. The van der Waals surface area contributed by atoms with Gasteiger partial charge in [-0.1, -0.05) is 6.07 Å². The van der Waals surface area contributed by atoms with Gasteiger partial charge < -0.3 is 5.32 Å². The molecule has 1 aromatic rings. The zero-order valence-electron chi connectivity index (χ0n) is 11.1. The van der Waals surface area contributed by atoms with Gasteiger partial charge in [0.15, 0.2) is 0 Å². The second-order valence-electron chi connectivity index (χ2n) is 4.23. The van der Waals surface area contributed by atoms with E-state index in [-0.39, 0.29) is 18.0 Å². The number of hydrogen-bond acceptors (Lipinski definition) is 5. The van der Waals surface area contributed by atoms with Gasteiger partial charge in [-0.05, 0) is 13.0 Å². The quantitative estimate of drug-likeness (QED) is 0.627. The summed E-state index contributed by atoms with van der Waals surface area (Å²) in [6, 6.07) is 4.66. The second kappa shape index (κ2) is 5.98. The number of anilines is 1. The monoisotopic (exact) mass is 287 g/mol. The highest BCUT2D eigenvalue weighted by Crippen LogP contribution is 2.24. The number of rotatable bonds is 6. The van der Waals surface area contributed by atoms with Crippen molar-refractivity contribution in [3.63, 3.8) is 0 Å². The van der Waals surface area contributed by atoms with E-state index in [2.05, 4.69) is 5.32 Å². The molecule has 0 unspecified atom stereocenters. The van der Waals surface area contributed by atoms with Gasteiger partial charge in [-0.3, -0.25) is 10.1 Å². The molecular formula is C11H17N3O4S. The molecule has 0 heterocycles. The van der Waals surface area contributed by atoms with Gasteiger partial charge in [-0.15, -0.1) is 0 Å². The fraction of sp³-hybridized carbons (Fsp3) is 0.455. The van der Waals surface area contributed by atoms with E-state index in [1.165, 1.54) is 20.2 Å². The number of nitrogens with one attached hydrogen (secondary N) is 1. The van der Waals surface area contributed by atoms with E-state index < -0.39 is 14.9 Å². The first kappa shape index (κ1) is 15.4. The smallest absolute Gasteiger partial charge is 0.274 e. The molecule has 0 aliphatic rings. The first-order chi connectivity index (χ1) is 8.75. The lowest BCUT2D eigenvalue weighted by molar-refractivity contribution is -0.385. The molecule has 0 aliphatic carbocycles. The van der Waals surface area contributed by atoms with E-state index in [1.54, 1.807) is 19.1 Å². The third-order valence-electron chi connectivity index (χ3n) is 2.73. The predicted molar refractivity (Wildman–Crippen MR) is 73.8 cm³/mol. The molecule has 7 nitrogen and oxygen atoms in total. The summed E-state index contributed by atoms with van der Waals surface area (Å²) >= 11 is 0. The van der Waals surface area contributed by atoms with Gasteiger partial charge in [0.25, 0.3) is 5.69 Å². The Kier molecular flexibility index (Phi) is 4.84. The van der Waals surface area contributed by atoms with Crippen LogP contribution in [0.5, 0.6) is 0 Å². The van der Waals surface area contributed by atoms with Crippen LogP contribution in [0.2, 0.25) is 0 Å². The maximum atomic E-state index is 11.6. The zero-order valence-corrected chi connectivity index (χ0v) is 11.9. The molecule has 0 saturated heterocycles. The fourth-order valence-corrected chi connectivity index (χ4v) is 2.24. The summed E-state index contributed by atoms with van der Waals surface area (Å²) in [5.41, 5.74) is 1.08. The van der Waals surface area contributed by atoms with Crippen molar-refractivity contribution in [3.05, 3.63) is 33.9 Å². The van der Waals surface area contributed by atoms with Crippen LogP contribution in [-0.2, 0) is 10.0 Å². The number of hydrogen-bond donors (Lipinski definition) is 1.